The molecular weight excluding hydrogens is 513 g/mol. The molecule has 6 rings (SSSR count). The fourth-order valence-corrected chi connectivity index (χ4v) is 22.2. The molecule has 0 saturated carbocycles. The molecule has 0 aliphatic carbocycles. The van der Waals surface area contributed by atoms with Crippen molar-refractivity contribution in [2.24, 2.45) is 0 Å². The Hall–Kier alpha value is -3.85. The summed E-state index contributed by atoms with van der Waals surface area (Å²) >= 11 is 0. The molecule has 2 N–H and O–H groups in total. The fraction of sp³-hybridized carbons (Fsp3) is 0.152. The Labute approximate surface area is 232 Å². The lowest BCUT2D eigenvalue weighted by atomic mass is 10.4. The molecule has 0 radical (unpaired) electrons. The summed E-state index contributed by atoms with van der Waals surface area (Å²) in [5.74, 6) is 0.219. The van der Waals surface area contributed by atoms with E-state index in [4.69, 9.17) is 0 Å². The summed E-state index contributed by atoms with van der Waals surface area (Å²) in [6, 6.07) is 50.1. The lowest BCUT2D eigenvalue weighted by Crippen LogP contribution is -2.78. The van der Waals surface area contributed by atoms with Crippen molar-refractivity contribution in [2.75, 3.05) is 6.54 Å². The van der Waals surface area contributed by atoms with Gasteiger partial charge in [-0.15, -0.1) is 0 Å². The first-order valence-corrected chi connectivity index (χ1v) is 18.0. The van der Waals surface area contributed by atoms with Crippen LogP contribution in [0.15, 0.2) is 133 Å². The number of benzene rings is 4. The highest BCUT2D eigenvalue weighted by atomic mass is 28.4. The summed E-state index contributed by atoms with van der Waals surface area (Å²) in [5.41, 5.74) is 0. The van der Waals surface area contributed by atoms with Gasteiger partial charge in [0.05, 0.1) is 0 Å². The van der Waals surface area contributed by atoms with E-state index in [9.17, 15) is 10.2 Å². The maximum atomic E-state index is 10.3. The van der Waals surface area contributed by atoms with Crippen molar-refractivity contribution in [1.29, 1.82) is 0 Å². The van der Waals surface area contributed by atoms with E-state index in [2.05, 4.69) is 126 Å². The van der Waals surface area contributed by atoms with Crippen LogP contribution in [0.1, 0.15) is 6.42 Å². The van der Waals surface area contributed by atoms with Gasteiger partial charge < -0.3 is 14.4 Å². The molecule has 0 amide bonds. The summed E-state index contributed by atoms with van der Waals surface area (Å²) in [5, 5.41) is 26.5. The standard InChI is InChI=1S/C33H34N2O2Si2/c36-32-22-23-33(37)34(32)24-13-25-35-38(28-14-5-1-6-15-28,29-16-7-2-8-17-29)26-27-39(35,30-18-9-3-10-19-30)31-20-11-4-12-21-31/h1-12,14-23,36-37H,13,24-27H2. The molecule has 196 valence electrons. The summed E-state index contributed by atoms with van der Waals surface area (Å²) < 4.78 is 4.59. The molecule has 4 aromatic carbocycles. The molecule has 0 bridgehead atoms. The first-order chi connectivity index (χ1) is 19.2. The first-order valence-electron chi connectivity index (χ1n) is 13.7. The molecule has 6 heteroatoms. The van der Waals surface area contributed by atoms with E-state index >= 15 is 0 Å². The quantitative estimate of drug-likeness (QED) is 0.288. The number of rotatable bonds is 8. The van der Waals surface area contributed by atoms with Crippen LogP contribution in [0.25, 0.3) is 0 Å². The SMILES string of the molecule is Oc1ccc(O)n1CCCN1[Si](c2ccccc2)(c2ccccc2)CC[Si]1(c1ccccc1)c1ccccc1. The van der Waals surface area contributed by atoms with Crippen molar-refractivity contribution in [3.63, 3.8) is 0 Å². The molecule has 0 unspecified atom stereocenters. The molecule has 0 atom stereocenters. The number of hydrogen-bond acceptors (Lipinski definition) is 3. The average molecular weight is 547 g/mol. The minimum atomic E-state index is -2.40. The van der Waals surface area contributed by atoms with Gasteiger partial charge in [-0.3, -0.25) is 4.57 Å². The number of aromatic hydroxyl groups is 2. The molecule has 1 aliphatic heterocycles. The third-order valence-corrected chi connectivity index (χ3v) is 20.7. The molecule has 0 spiro atoms. The third-order valence-electron chi connectivity index (χ3n) is 8.47. The highest BCUT2D eigenvalue weighted by Gasteiger charge is 2.60. The van der Waals surface area contributed by atoms with Crippen molar-refractivity contribution in [3.8, 4) is 11.8 Å². The molecule has 2 heterocycles. The molecule has 1 aliphatic rings. The third kappa shape index (κ3) is 4.34. The van der Waals surface area contributed by atoms with Gasteiger partial charge in [0.1, 0.15) is 0 Å². The largest absolute Gasteiger partial charge is 0.494 e. The van der Waals surface area contributed by atoms with Gasteiger partial charge in [-0.05, 0) is 45.8 Å². The van der Waals surface area contributed by atoms with E-state index in [1.54, 1.807) is 16.7 Å². The van der Waals surface area contributed by atoms with E-state index in [1.165, 1.54) is 20.7 Å². The van der Waals surface area contributed by atoms with Crippen molar-refractivity contribution in [2.45, 2.75) is 25.1 Å². The van der Waals surface area contributed by atoms with Crippen LogP contribution < -0.4 is 20.7 Å². The predicted molar refractivity (Wildman–Crippen MR) is 165 cm³/mol. The molecule has 1 fully saturated rings. The van der Waals surface area contributed by atoms with E-state index in [-0.39, 0.29) is 11.8 Å². The minimum absolute atomic E-state index is 0.109. The second kappa shape index (κ2) is 10.7. The van der Waals surface area contributed by atoms with Crippen LogP contribution in [0.4, 0.5) is 0 Å². The van der Waals surface area contributed by atoms with E-state index < -0.39 is 16.5 Å². The normalized spacial score (nSPS) is 16.3. The van der Waals surface area contributed by atoms with Crippen LogP contribution in [0.5, 0.6) is 11.8 Å². The van der Waals surface area contributed by atoms with Crippen LogP contribution in [0.3, 0.4) is 0 Å². The van der Waals surface area contributed by atoms with Gasteiger partial charge in [0.2, 0.25) is 0 Å². The molecule has 1 aromatic heterocycles. The van der Waals surface area contributed by atoms with Gasteiger partial charge in [0.15, 0.2) is 28.2 Å². The zero-order valence-electron chi connectivity index (χ0n) is 22.0. The van der Waals surface area contributed by atoms with Gasteiger partial charge in [-0.2, -0.15) is 0 Å². The molecular formula is C33H34N2O2Si2. The Bertz CT molecular complexity index is 1320. The predicted octanol–water partition coefficient (Wildman–Crippen LogP) is 4.12. The maximum absolute atomic E-state index is 10.3. The average Bonchev–Trinajstić information content (AvgIpc) is 3.52. The molecule has 39 heavy (non-hydrogen) atoms. The van der Waals surface area contributed by atoms with Crippen LogP contribution >= 0.6 is 0 Å². The highest BCUT2D eigenvalue weighted by molar-refractivity contribution is 7.17. The number of hydrogen-bond donors (Lipinski definition) is 2. The van der Waals surface area contributed by atoms with Crippen LogP contribution in [-0.4, -0.2) is 42.0 Å². The zero-order valence-corrected chi connectivity index (χ0v) is 24.0. The monoisotopic (exact) mass is 546 g/mol. The van der Waals surface area contributed by atoms with Gasteiger partial charge in [0, 0.05) is 18.7 Å². The summed E-state index contributed by atoms with van der Waals surface area (Å²) in [4.78, 5) is 0. The smallest absolute Gasteiger partial charge is 0.193 e. The Morgan fingerprint density at radius 2 is 0.795 bits per heavy atom. The maximum Gasteiger partial charge on any atom is 0.193 e. The second-order valence-corrected chi connectivity index (χ2v) is 18.7. The van der Waals surface area contributed by atoms with Gasteiger partial charge >= 0.3 is 0 Å². The minimum Gasteiger partial charge on any atom is -0.494 e. The Morgan fingerprint density at radius 3 is 1.13 bits per heavy atom. The Balaban J connectivity index is 1.56. The van der Waals surface area contributed by atoms with Crippen molar-refractivity contribution >= 4 is 37.2 Å². The summed E-state index contributed by atoms with van der Waals surface area (Å²) in [6.07, 6.45) is 0.818. The Kier molecular flexibility index (Phi) is 7.00. The van der Waals surface area contributed by atoms with Crippen LogP contribution in [0, 0.1) is 0 Å². The highest BCUT2D eigenvalue weighted by Crippen LogP contribution is 2.37. The van der Waals surface area contributed by atoms with Crippen molar-refractivity contribution in [3.05, 3.63) is 133 Å². The van der Waals surface area contributed by atoms with Gasteiger partial charge in [-0.1, -0.05) is 121 Å². The van der Waals surface area contributed by atoms with E-state index in [0.29, 0.717) is 6.54 Å². The Morgan fingerprint density at radius 1 is 0.462 bits per heavy atom. The summed E-state index contributed by atoms with van der Waals surface area (Å²) in [7, 11) is -4.81. The number of aromatic nitrogens is 1. The lowest BCUT2D eigenvalue weighted by molar-refractivity contribution is 0.361. The van der Waals surface area contributed by atoms with E-state index in [0.717, 1.165) is 25.1 Å². The number of nitrogens with zero attached hydrogens (tertiary/aromatic N) is 2. The molecule has 5 aromatic rings. The van der Waals surface area contributed by atoms with Crippen LogP contribution in [0.2, 0.25) is 12.1 Å². The fourth-order valence-electron chi connectivity index (χ4n) is 6.79. The molecule has 1 saturated heterocycles. The van der Waals surface area contributed by atoms with Gasteiger partial charge in [-0.25, -0.2) is 0 Å². The topological polar surface area (TPSA) is 48.6 Å². The van der Waals surface area contributed by atoms with Crippen LogP contribution in [-0.2, 0) is 6.54 Å². The second-order valence-electron chi connectivity index (χ2n) is 10.4. The summed E-state index contributed by atoms with van der Waals surface area (Å²) in [6.45, 7) is 1.44. The van der Waals surface area contributed by atoms with E-state index in [1.807, 2.05) is 0 Å². The lowest BCUT2D eigenvalue weighted by Gasteiger charge is -2.47. The van der Waals surface area contributed by atoms with Crippen molar-refractivity contribution < 1.29 is 10.2 Å². The molecule has 4 nitrogen and oxygen atoms in total. The van der Waals surface area contributed by atoms with Crippen molar-refractivity contribution in [1.82, 2.24) is 8.80 Å². The van der Waals surface area contributed by atoms with Gasteiger partial charge in [0.25, 0.3) is 0 Å². The first kappa shape index (κ1) is 25.4. The zero-order chi connectivity index (χ0) is 26.7.